The first-order valence-electron chi connectivity index (χ1n) is 11.4. The average molecular weight is 552 g/mol. The molecule has 0 unspecified atom stereocenters. The van der Waals surface area contributed by atoms with Gasteiger partial charge in [-0.25, -0.2) is 15.0 Å². The Balaban J connectivity index is 1.35. The lowest BCUT2D eigenvalue weighted by Gasteiger charge is -2.16. The van der Waals surface area contributed by atoms with Crippen LogP contribution in [0.5, 0.6) is 11.6 Å². The molecular formula is C25H22ClN7O4S. The number of anilines is 1. The molecule has 11 nitrogen and oxygen atoms in total. The Morgan fingerprint density at radius 3 is 2.55 bits per heavy atom. The molecule has 4 aromatic heterocycles. The summed E-state index contributed by atoms with van der Waals surface area (Å²) in [4.78, 5) is 50.3. The number of hydrogen-bond acceptors (Lipinski definition) is 10. The first-order chi connectivity index (χ1) is 18.3. The van der Waals surface area contributed by atoms with E-state index in [0.717, 1.165) is 16.3 Å². The molecule has 0 atom stereocenters. The summed E-state index contributed by atoms with van der Waals surface area (Å²) in [5, 5.41) is 3.56. The van der Waals surface area contributed by atoms with Gasteiger partial charge in [-0.2, -0.15) is 0 Å². The fourth-order valence-electron chi connectivity index (χ4n) is 4.04. The van der Waals surface area contributed by atoms with E-state index < -0.39 is 0 Å². The number of aryl methyl sites for hydroxylation is 2. The Labute approximate surface area is 226 Å². The second-order valence-corrected chi connectivity index (χ2v) is 9.90. The Morgan fingerprint density at radius 2 is 1.82 bits per heavy atom. The Hall–Kier alpha value is -4.16. The van der Waals surface area contributed by atoms with Gasteiger partial charge < -0.3 is 14.4 Å². The highest BCUT2D eigenvalue weighted by Gasteiger charge is 2.30. The Bertz CT molecular complexity index is 1550. The summed E-state index contributed by atoms with van der Waals surface area (Å²) in [5.41, 5.74) is 3.75. The molecule has 5 heterocycles. The number of halogens is 1. The lowest BCUT2D eigenvalue weighted by molar-refractivity contribution is 0.0742. The third-order valence-electron chi connectivity index (χ3n) is 5.94. The van der Waals surface area contributed by atoms with Crippen LogP contribution in [0.2, 0.25) is 5.15 Å². The van der Waals surface area contributed by atoms with E-state index >= 15 is 0 Å². The molecule has 2 amide bonds. The molecule has 0 fully saturated rings. The van der Waals surface area contributed by atoms with Gasteiger partial charge in [0.05, 0.1) is 61.5 Å². The van der Waals surface area contributed by atoms with Crippen molar-refractivity contribution in [3.05, 3.63) is 69.1 Å². The molecule has 4 aromatic rings. The van der Waals surface area contributed by atoms with E-state index in [0.29, 0.717) is 46.4 Å². The van der Waals surface area contributed by atoms with Crippen LogP contribution in [0.25, 0.3) is 11.1 Å². The monoisotopic (exact) mass is 551 g/mol. The molecule has 0 aromatic carbocycles. The van der Waals surface area contributed by atoms with Crippen molar-refractivity contribution < 1.29 is 19.1 Å². The van der Waals surface area contributed by atoms with Crippen molar-refractivity contribution in [1.29, 1.82) is 0 Å². The molecule has 1 aliphatic rings. The summed E-state index contributed by atoms with van der Waals surface area (Å²) >= 11 is 7.45. The number of carbonyl (C=O) groups is 2. The number of methoxy groups -OCH3 is 2. The standard InChI is InChI=1S/C25H22ClN7O4S/c1-12-5-14(15-6-20(26)29-8-18(15)36-3)16(7-27-12)23(34)32-25-30-17-10-33(11-19(17)38-25)24(35)22-13(2)28-9-21(31-22)37-4/h5-9H,10-11H2,1-4H3,(H,30,32,34). The molecule has 0 spiro atoms. The number of nitrogens with zero attached hydrogens (tertiary/aromatic N) is 6. The van der Waals surface area contributed by atoms with Crippen LogP contribution in [0.1, 0.15) is 42.8 Å². The predicted molar refractivity (Wildman–Crippen MR) is 141 cm³/mol. The second kappa shape index (κ2) is 10.3. The minimum absolute atomic E-state index is 0.235. The summed E-state index contributed by atoms with van der Waals surface area (Å²) in [6, 6.07) is 3.43. The van der Waals surface area contributed by atoms with Crippen molar-refractivity contribution in [3.8, 4) is 22.8 Å². The number of carbonyl (C=O) groups excluding carboxylic acids is 2. The number of rotatable bonds is 6. The quantitative estimate of drug-likeness (QED) is 0.352. The van der Waals surface area contributed by atoms with Gasteiger partial charge in [0.25, 0.3) is 11.8 Å². The topological polar surface area (TPSA) is 132 Å². The van der Waals surface area contributed by atoms with Crippen molar-refractivity contribution in [2.24, 2.45) is 0 Å². The van der Waals surface area contributed by atoms with Gasteiger partial charge in [0.15, 0.2) is 10.8 Å². The molecule has 0 saturated carbocycles. The fourth-order valence-corrected chi connectivity index (χ4v) is 5.18. The molecule has 0 saturated heterocycles. The van der Waals surface area contributed by atoms with Crippen LogP contribution in [-0.4, -0.2) is 55.9 Å². The van der Waals surface area contributed by atoms with E-state index in [4.69, 9.17) is 21.1 Å². The molecule has 1 aliphatic heterocycles. The zero-order valence-corrected chi connectivity index (χ0v) is 22.5. The van der Waals surface area contributed by atoms with Gasteiger partial charge in [-0.05, 0) is 26.0 Å². The van der Waals surface area contributed by atoms with Crippen LogP contribution in [0.3, 0.4) is 0 Å². The number of amides is 2. The molecule has 38 heavy (non-hydrogen) atoms. The Kier molecular flexibility index (Phi) is 6.91. The number of pyridine rings is 2. The number of thiazole rings is 1. The smallest absolute Gasteiger partial charge is 0.275 e. The van der Waals surface area contributed by atoms with Crippen LogP contribution < -0.4 is 14.8 Å². The summed E-state index contributed by atoms with van der Waals surface area (Å²) < 4.78 is 10.5. The largest absolute Gasteiger partial charge is 0.494 e. The van der Waals surface area contributed by atoms with Gasteiger partial charge in [-0.1, -0.05) is 22.9 Å². The van der Waals surface area contributed by atoms with E-state index in [1.54, 1.807) is 24.0 Å². The van der Waals surface area contributed by atoms with Crippen molar-refractivity contribution in [2.45, 2.75) is 26.9 Å². The normalized spacial score (nSPS) is 12.3. The van der Waals surface area contributed by atoms with Crippen molar-refractivity contribution in [1.82, 2.24) is 29.8 Å². The lowest BCUT2D eigenvalue weighted by Crippen LogP contribution is -2.27. The van der Waals surface area contributed by atoms with E-state index in [2.05, 4.69) is 30.2 Å². The molecule has 13 heteroatoms. The maximum absolute atomic E-state index is 13.3. The fraction of sp³-hybridized carbons (Fsp3) is 0.240. The summed E-state index contributed by atoms with van der Waals surface area (Å²) in [6.45, 7) is 4.20. The highest BCUT2D eigenvalue weighted by Crippen LogP contribution is 2.35. The van der Waals surface area contributed by atoms with Crippen LogP contribution in [-0.2, 0) is 13.1 Å². The van der Waals surface area contributed by atoms with Gasteiger partial charge in [-0.3, -0.25) is 24.9 Å². The van der Waals surface area contributed by atoms with E-state index in [-0.39, 0.29) is 28.5 Å². The van der Waals surface area contributed by atoms with Crippen LogP contribution in [0.4, 0.5) is 5.13 Å². The number of aromatic nitrogens is 5. The highest BCUT2D eigenvalue weighted by molar-refractivity contribution is 7.16. The van der Waals surface area contributed by atoms with E-state index in [9.17, 15) is 9.59 Å². The van der Waals surface area contributed by atoms with Crippen molar-refractivity contribution in [2.75, 3.05) is 19.5 Å². The van der Waals surface area contributed by atoms with E-state index in [1.807, 2.05) is 6.92 Å². The highest BCUT2D eigenvalue weighted by atomic mass is 35.5. The maximum Gasteiger partial charge on any atom is 0.275 e. The van der Waals surface area contributed by atoms with Crippen molar-refractivity contribution >= 4 is 39.9 Å². The molecule has 0 aliphatic carbocycles. The van der Waals surface area contributed by atoms with Gasteiger partial charge in [0.1, 0.15) is 10.9 Å². The van der Waals surface area contributed by atoms with Gasteiger partial charge in [-0.15, -0.1) is 0 Å². The molecule has 5 rings (SSSR count). The number of ether oxygens (including phenoxy) is 2. The van der Waals surface area contributed by atoms with Gasteiger partial charge in [0, 0.05) is 23.0 Å². The average Bonchev–Trinajstić information content (AvgIpc) is 3.47. The first kappa shape index (κ1) is 25.5. The summed E-state index contributed by atoms with van der Waals surface area (Å²) in [5.74, 6) is 0.103. The number of fused-ring (bicyclic) bond motifs is 1. The third kappa shape index (κ3) is 4.87. The third-order valence-corrected chi connectivity index (χ3v) is 7.14. The van der Waals surface area contributed by atoms with E-state index in [1.165, 1.54) is 44.1 Å². The lowest BCUT2D eigenvalue weighted by atomic mass is 10.0. The van der Waals surface area contributed by atoms with Crippen molar-refractivity contribution in [3.63, 3.8) is 0 Å². The van der Waals surface area contributed by atoms with Gasteiger partial charge in [0.2, 0.25) is 5.88 Å². The van der Waals surface area contributed by atoms with Gasteiger partial charge >= 0.3 is 0 Å². The molecule has 0 bridgehead atoms. The predicted octanol–water partition coefficient (Wildman–Crippen LogP) is 4.09. The number of nitrogens with one attached hydrogen (secondary N) is 1. The Morgan fingerprint density at radius 1 is 1.00 bits per heavy atom. The summed E-state index contributed by atoms with van der Waals surface area (Å²) in [7, 11) is 2.99. The molecule has 1 N–H and O–H groups in total. The summed E-state index contributed by atoms with van der Waals surface area (Å²) in [6.07, 6.45) is 4.48. The second-order valence-electron chi connectivity index (χ2n) is 8.43. The molecule has 0 radical (unpaired) electrons. The van der Waals surface area contributed by atoms with Crippen LogP contribution in [0, 0.1) is 13.8 Å². The minimum Gasteiger partial charge on any atom is -0.494 e. The zero-order chi connectivity index (χ0) is 27.0. The maximum atomic E-state index is 13.3. The zero-order valence-electron chi connectivity index (χ0n) is 20.9. The molecular weight excluding hydrogens is 530 g/mol. The first-order valence-corrected chi connectivity index (χ1v) is 12.6. The molecule has 194 valence electrons. The SMILES string of the molecule is COc1cnc(C)c(C(=O)N2Cc3nc(NC(=O)c4cnc(C)cc4-c4cc(Cl)ncc4OC)sc3C2)n1. The van der Waals surface area contributed by atoms with Crippen LogP contribution in [0.15, 0.2) is 30.7 Å². The minimum atomic E-state index is -0.384. The van der Waals surface area contributed by atoms with Crippen LogP contribution >= 0.6 is 22.9 Å². The number of hydrogen-bond donors (Lipinski definition) is 1.